The summed E-state index contributed by atoms with van der Waals surface area (Å²) >= 11 is 0. The van der Waals surface area contributed by atoms with E-state index in [0.29, 0.717) is 17.8 Å². The van der Waals surface area contributed by atoms with Crippen LogP contribution >= 0.6 is 0 Å². The highest BCUT2D eigenvalue weighted by atomic mass is 16.2. The summed E-state index contributed by atoms with van der Waals surface area (Å²) in [6, 6.07) is 6.70. The highest BCUT2D eigenvalue weighted by Crippen LogP contribution is 2.14. The van der Waals surface area contributed by atoms with Gasteiger partial charge >= 0.3 is 0 Å². The molecule has 0 aliphatic rings. The topological polar surface area (TPSA) is 93.2 Å². The second-order valence-corrected chi connectivity index (χ2v) is 5.70. The summed E-state index contributed by atoms with van der Waals surface area (Å²) in [6.07, 6.45) is 1.83. The van der Waals surface area contributed by atoms with Gasteiger partial charge < -0.3 is 11.1 Å². The molecule has 3 N–H and O–H groups in total. The SMILES string of the molecule is CCn1ncc(CN(C)CC(=O)Nc2ccccc2C(N)=O)c1C. The van der Waals surface area contributed by atoms with Crippen molar-refractivity contribution in [2.45, 2.75) is 26.9 Å². The fourth-order valence-electron chi connectivity index (χ4n) is 2.55. The van der Waals surface area contributed by atoms with Crippen molar-refractivity contribution in [3.63, 3.8) is 0 Å². The number of aryl methyl sites for hydroxylation is 1. The summed E-state index contributed by atoms with van der Waals surface area (Å²) in [5.41, 5.74) is 8.23. The van der Waals surface area contributed by atoms with Crippen molar-refractivity contribution in [2.24, 2.45) is 5.73 Å². The minimum Gasteiger partial charge on any atom is -0.366 e. The number of carbonyl (C=O) groups is 2. The second kappa shape index (κ2) is 7.74. The Balaban J connectivity index is 1.97. The van der Waals surface area contributed by atoms with E-state index < -0.39 is 5.91 Å². The lowest BCUT2D eigenvalue weighted by Gasteiger charge is -2.17. The Morgan fingerprint density at radius 2 is 2.04 bits per heavy atom. The fourth-order valence-corrected chi connectivity index (χ4v) is 2.55. The van der Waals surface area contributed by atoms with Crippen molar-refractivity contribution in [1.82, 2.24) is 14.7 Å². The maximum atomic E-state index is 12.2. The highest BCUT2D eigenvalue weighted by Gasteiger charge is 2.13. The van der Waals surface area contributed by atoms with Crippen LogP contribution in [0.15, 0.2) is 30.5 Å². The van der Waals surface area contributed by atoms with Crippen molar-refractivity contribution in [3.05, 3.63) is 47.3 Å². The highest BCUT2D eigenvalue weighted by molar-refractivity contribution is 6.03. The molecule has 2 rings (SSSR count). The van der Waals surface area contributed by atoms with Gasteiger partial charge in [0.25, 0.3) is 5.91 Å². The van der Waals surface area contributed by atoms with Gasteiger partial charge in [-0.3, -0.25) is 19.2 Å². The molecule has 0 atom stereocenters. The minimum atomic E-state index is -0.568. The summed E-state index contributed by atoms with van der Waals surface area (Å²) in [5.74, 6) is -0.770. The molecule has 1 aromatic carbocycles. The maximum absolute atomic E-state index is 12.2. The van der Waals surface area contributed by atoms with Crippen LogP contribution in [0.5, 0.6) is 0 Å². The zero-order chi connectivity index (χ0) is 17.7. The summed E-state index contributed by atoms with van der Waals surface area (Å²) in [6.45, 7) is 5.69. The van der Waals surface area contributed by atoms with Crippen molar-refractivity contribution in [1.29, 1.82) is 0 Å². The van der Waals surface area contributed by atoms with E-state index in [9.17, 15) is 9.59 Å². The monoisotopic (exact) mass is 329 g/mol. The first-order valence-corrected chi connectivity index (χ1v) is 7.80. The van der Waals surface area contributed by atoms with E-state index in [2.05, 4.69) is 10.4 Å². The predicted molar refractivity (Wildman–Crippen MR) is 92.6 cm³/mol. The van der Waals surface area contributed by atoms with Gasteiger partial charge in [-0.1, -0.05) is 12.1 Å². The number of anilines is 1. The van der Waals surface area contributed by atoms with E-state index in [4.69, 9.17) is 5.73 Å². The summed E-state index contributed by atoms with van der Waals surface area (Å²) in [4.78, 5) is 25.5. The summed E-state index contributed by atoms with van der Waals surface area (Å²) in [5, 5.41) is 7.04. The second-order valence-electron chi connectivity index (χ2n) is 5.70. The zero-order valence-electron chi connectivity index (χ0n) is 14.2. The zero-order valence-corrected chi connectivity index (χ0v) is 14.2. The van der Waals surface area contributed by atoms with Crippen LogP contribution in [0.2, 0.25) is 0 Å². The quantitative estimate of drug-likeness (QED) is 0.802. The first-order valence-electron chi connectivity index (χ1n) is 7.80. The Morgan fingerprint density at radius 3 is 2.67 bits per heavy atom. The van der Waals surface area contributed by atoms with Gasteiger partial charge in [0.05, 0.1) is 24.0 Å². The van der Waals surface area contributed by atoms with E-state index in [1.807, 2.05) is 36.7 Å². The molecule has 128 valence electrons. The van der Waals surface area contributed by atoms with Crippen LogP contribution < -0.4 is 11.1 Å². The molecular formula is C17H23N5O2. The number of carbonyl (C=O) groups excluding carboxylic acids is 2. The van der Waals surface area contributed by atoms with Crippen molar-refractivity contribution in [3.8, 4) is 0 Å². The smallest absolute Gasteiger partial charge is 0.250 e. The van der Waals surface area contributed by atoms with Crippen LogP contribution in [0.25, 0.3) is 0 Å². The molecule has 7 nitrogen and oxygen atoms in total. The molecule has 1 aromatic heterocycles. The van der Waals surface area contributed by atoms with E-state index in [1.165, 1.54) is 0 Å². The van der Waals surface area contributed by atoms with Gasteiger partial charge in [-0.05, 0) is 33.0 Å². The normalized spacial score (nSPS) is 10.8. The van der Waals surface area contributed by atoms with E-state index in [0.717, 1.165) is 17.8 Å². The summed E-state index contributed by atoms with van der Waals surface area (Å²) in [7, 11) is 1.86. The third kappa shape index (κ3) is 4.20. The van der Waals surface area contributed by atoms with Crippen molar-refractivity contribution >= 4 is 17.5 Å². The molecule has 2 aromatic rings. The summed E-state index contributed by atoms with van der Waals surface area (Å²) < 4.78 is 1.92. The number of hydrogen-bond donors (Lipinski definition) is 2. The van der Waals surface area contributed by atoms with Crippen molar-refractivity contribution < 1.29 is 9.59 Å². The Morgan fingerprint density at radius 1 is 1.33 bits per heavy atom. The average molecular weight is 329 g/mol. The van der Waals surface area contributed by atoms with E-state index in [1.54, 1.807) is 24.3 Å². The predicted octanol–water partition coefficient (Wildman–Crippen LogP) is 1.38. The Labute approximate surface area is 141 Å². The standard InChI is InChI=1S/C17H23N5O2/c1-4-22-12(2)13(9-19-22)10-21(3)11-16(23)20-15-8-6-5-7-14(15)17(18)24/h5-9H,4,10-11H2,1-3H3,(H2,18,24)(H,20,23). The number of para-hydroxylation sites is 1. The lowest BCUT2D eigenvalue weighted by molar-refractivity contribution is -0.117. The van der Waals surface area contributed by atoms with Crippen LogP contribution in [0.4, 0.5) is 5.69 Å². The van der Waals surface area contributed by atoms with E-state index in [-0.39, 0.29) is 12.5 Å². The number of rotatable bonds is 7. The third-order valence-electron chi connectivity index (χ3n) is 3.82. The van der Waals surface area contributed by atoms with Crippen molar-refractivity contribution in [2.75, 3.05) is 18.9 Å². The first-order chi connectivity index (χ1) is 11.4. The van der Waals surface area contributed by atoms with Crippen LogP contribution in [-0.4, -0.2) is 40.1 Å². The van der Waals surface area contributed by atoms with Crippen LogP contribution in [0, 0.1) is 6.92 Å². The van der Waals surface area contributed by atoms with Gasteiger partial charge in [-0.15, -0.1) is 0 Å². The number of primary amides is 1. The lowest BCUT2D eigenvalue weighted by Crippen LogP contribution is -2.30. The number of benzene rings is 1. The molecule has 0 aliphatic heterocycles. The van der Waals surface area contributed by atoms with Gasteiger partial charge in [-0.2, -0.15) is 5.10 Å². The molecule has 0 saturated heterocycles. The molecule has 0 fully saturated rings. The molecule has 0 radical (unpaired) electrons. The largest absolute Gasteiger partial charge is 0.366 e. The first kappa shape index (κ1) is 17.7. The molecule has 0 spiro atoms. The van der Waals surface area contributed by atoms with Crippen LogP contribution in [0.1, 0.15) is 28.5 Å². The van der Waals surface area contributed by atoms with Gasteiger partial charge in [0.2, 0.25) is 5.91 Å². The fraction of sp³-hybridized carbons (Fsp3) is 0.353. The Kier molecular flexibility index (Phi) is 5.70. The molecule has 0 saturated carbocycles. The number of nitrogens with zero attached hydrogens (tertiary/aromatic N) is 3. The average Bonchev–Trinajstić information content (AvgIpc) is 2.87. The van der Waals surface area contributed by atoms with Gasteiger partial charge in [0.1, 0.15) is 0 Å². The molecule has 7 heteroatoms. The molecular weight excluding hydrogens is 306 g/mol. The number of likely N-dealkylation sites (N-methyl/N-ethyl adjacent to an activating group) is 1. The molecule has 0 bridgehead atoms. The van der Waals surface area contributed by atoms with Crippen LogP contribution in [-0.2, 0) is 17.9 Å². The van der Waals surface area contributed by atoms with Gasteiger partial charge in [0, 0.05) is 24.3 Å². The number of aromatic nitrogens is 2. The maximum Gasteiger partial charge on any atom is 0.250 e. The molecule has 1 heterocycles. The number of hydrogen-bond acceptors (Lipinski definition) is 4. The van der Waals surface area contributed by atoms with Crippen LogP contribution in [0.3, 0.4) is 0 Å². The lowest BCUT2D eigenvalue weighted by atomic mass is 10.1. The number of nitrogens with one attached hydrogen (secondary N) is 1. The molecule has 24 heavy (non-hydrogen) atoms. The Hall–Kier alpha value is -2.67. The van der Waals surface area contributed by atoms with Gasteiger partial charge in [0.15, 0.2) is 0 Å². The number of nitrogens with two attached hydrogens (primary N) is 1. The van der Waals surface area contributed by atoms with E-state index >= 15 is 0 Å². The Bertz CT molecular complexity index is 738. The number of amides is 2. The molecule has 0 aliphatic carbocycles. The minimum absolute atomic E-state index is 0.198. The molecule has 0 unspecified atom stereocenters. The molecule has 2 amide bonds. The third-order valence-corrected chi connectivity index (χ3v) is 3.82. The van der Waals surface area contributed by atoms with Gasteiger partial charge in [-0.25, -0.2) is 0 Å².